The van der Waals surface area contributed by atoms with Crippen molar-refractivity contribution in [3.63, 3.8) is 0 Å². The largest absolute Gasteiger partial charge is 0.324 e. The number of aromatic nitrogens is 2. The van der Waals surface area contributed by atoms with Crippen molar-refractivity contribution in [2.45, 2.75) is 19.9 Å². The van der Waals surface area contributed by atoms with Gasteiger partial charge < -0.3 is 4.57 Å². The summed E-state index contributed by atoms with van der Waals surface area (Å²) in [6.07, 6.45) is 4.01. The van der Waals surface area contributed by atoms with Crippen molar-refractivity contribution in [1.82, 2.24) is 9.55 Å². The van der Waals surface area contributed by atoms with Gasteiger partial charge in [0.2, 0.25) is 0 Å². The number of rotatable bonds is 4. The van der Waals surface area contributed by atoms with Crippen molar-refractivity contribution in [1.29, 1.82) is 0 Å². The molecule has 0 aliphatic carbocycles. The van der Waals surface area contributed by atoms with Gasteiger partial charge in [0.15, 0.2) is 11.6 Å². The predicted octanol–water partition coefficient (Wildman–Crippen LogP) is 2.52. The standard InChI is InChI=1S/C13H14N2O/c1-2-12(16)13-14-8-9-15(13)10-11-6-4-3-5-7-11/h3-9H,2,10H2,1H3. The fraction of sp³-hybridized carbons (Fsp3) is 0.231. The van der Waals surface area contributed by atoms with Crippen molar-refractivity contribution < 1.29 is 4.79 Å². The first kappa shape index (κ1) is 10.6. The molecule has 82 valence electrons. The number of carbonyl (C=O) groups excluding carboxylic acids is 1. The molecule has 0 atom stereocenters. The molecule has 0 saturated heterocycles. The van der Waals surface area contributed by atoms with E-state index >= 15 is 0 Å². The zero-order valence-corrected chi connectivity index (χ0v) is 9.26. The third-order valence-electron chi connectivity index (χ3n) is 2.48. The second kappa shape index (κ2) is 4.75. The number of ketones is 1. The molecule has 3 nitrogen and oxygen atoms in total. The molecular weight excluding hydrogens is 200 g/mol. The molecule has 0 saturated carbocycles. The molecular formula is C13H14N2O. The lowest BCUT2D eigenvalue weighted by molar-refractivity contribution is 0.0974. The highest BCUT2D eigenvalue weighted by Crippen LogP contribution is 2.07. The number of hydrogen-bond acceptors (Lipinski definition) is 2. The summed E-state index contributed by atoms with van der Waals surface area (Å²) in [6, 6.07) is 10.1. The molecule has 0 fully saturated rings. The van der Waals surface area contributed by atoms with Gasteiger partial charge in [-0.1, -0.05) is 37.3 Å². The fourth-order valence-corrected chi connectivity index (χ4v) is 1.63. The molecule has 0 amide bonds. The first-order valence-electron chi connectivity index (χ1n) is 5.39. The maximum Gasteiger partial charge on any atom is 0.197 e. The summed E-state index contributed by atoms with van der Waals surface area (Å²) in [5, 5.41) is 0. The van der Waals surface area contributed by atoms with Gasteiger partial charge in [-0.3, -0.25) is 4.79 Å². The SMILES string of the molecule is CCC(=O)c1nccn1Cc1ccccc1. The van der Waals surface area contributed by atoms with Crippen LogP contribution >= 0.6 is 0 Å². The maximum atomic E-state index is 11.6. The monoisotopic (exact) mass is 214 g/mol. The van der Waals surface area contributed by atoms with Crippen LogP contribution < -0.4 is 0 Å². The molecule has 0 aliphatic rings. The number of carbonyl (C=O) groups is 1. The minimum Gasteiger partial charge on any atom is -0.324 e. The molecule has 1 heterocycles. The van der Waals surface area contributed by atoms with Crippen LogP contribution in [0, 0.1) is 0 Å². The van der Waals surface area contributed by atoms with Gasteiger partial charge in [0.25, 0.3) is 0 Å². The number of Topliss-reactive ketones (excluding diaryl/α,β-unsaturated/α-hetero) is 1. The summed E-state index contributed by atoms with van der Waals surface area (Å²) < 4.78 is 1.89. The number of imidazole rings is 1. The first-order chi connectivity index (χ1) is 7.81. The highest BCUT2D eigenvalue weighted by Gasteiger charge is 2.10. The molecule has 2 aromatic rings. The molecule has 0 aliphatic heterocycles. The molecule has 16 heavy (non-hydrogen) atoms. The van der Waals surface area contributed by atoms with Gasteiger partial charge in [-0.05, 0) is 5.56 Å². The first-order valence-corrected chi connectivity index (χ1v) is 5.39. The average Bonchev–Trinajstić information content (AvgIpc) is 2.77. The second-order valence-corrected chi connectivity index (χ2v) is 3.64. The Hall–Kier alpha value is -1.90. The summed E-state index contributed by atoms with van der Waals surface area (Å²) in [5.41, 5.74) is 1.17. The molecule has 2 rings (SSSR count). The van der Waals surface area contributed by atoms with Crippen LogP contribution in [0.15, 0.2) is 42.7 Å². The Morgan fingerprint density at radius 3 is 2.75 bits per heavy atom. The van der Waals surface area contributed by atoms with Gasteiger partial charge >= 0.3 is 0 Å². The Bertz CT molecular complexity index is 474. The Balaban J connectivity index is 2.22. The number of hydrogen-bond donors (Lipinski definition) is 0. The van der Waals surface area contributed by atoms with Crippen molar-refractivity contribution in [3.05, 3.63) is 54.1 Å². The van der Waals surface area contributed by atoms with Crippen molar-refractivity contribution >= 4 is 5.78 Å². The molecule has 0 spiro atoms. The Morgan fingerprint density at radius 2 is 2.06 bits per heavy atom. The van der Waals surface area contributed by atoms with E-state index < -0.39 is 0 Å². The minimum atomic E-state index is 0.0842. The summed E-state index contributed by atoms with van der Waals surface area (Å²) >= 11 is 0. The van der Waals surface area contributed by atoms with Gasteiger partial charge in [0.1, 0.15) is 0 Å². The lowest BCUT2D eigenvalue weighted by atomic mass is 10.2. The number of nitrogens with zero attached hydrogens (tertiary/aromatic N) is 2. The summed E-state index contributed by atoms with van der Waals surface area (Å²) in [6.45, 7) is 2.55. The van der Waals surface area contributed by atoms with Crippen LogP contribution in [-0.4, -0.2) is 15.3 Å². The van der Waals surface area contributed by atoms with E-state index in [0.717, 1.165) is 0 Å². The van der Waals surface area contributed by atoms with E-state index in [4.69, 9.17) is 0 Å². The van der Waals surface area contributed by atoms with Crippen LogP contribution in [-0.2, 0) is 6.54 Å². The maximum absolute atomic E-state index is 11.6. The van der Waals surface area contributed by atoms with Crippen LogP contribution in [0.2, 0.25) is 0 Å². The Morgan fingerprint density at radius 1 is 1.31 bits per heavy atom. The van der Waals surface area contributed by atoms with E-state index in [1.165, 1.54) is 5.56 Å². The highest BCUT2D eigenvalue weighted by atomic mass is 16.1. The molecule has 0 bridgehead atoms. The fourth-order valence-electron chi connectivity index (χ4n) is 1.63. The molecule has 1 aromatic carbocycles. The van der Waals surface area contributed by atoms with Crippen LogP contribution in [0.25, 0.3) is 0 Å². The summed E-state index contributed by atoms with van der Waals surface area (Å²) in [5.74, 6) is 0.632. The van der Waals surface area contributed by atoms with Gasteiger partial charge in [0.05, 0.1) is 0 Å². The van der Waals surface area contributed by atoms with E-state index in [-0.39, 0.29) is 5.78 Å². The summed E-state index contributed by atoms with van der Waals surface area (Å²) in [4.78, 5) is 15.7. The lowest BCUT2D eigenvalue weighted by Gasteiger charge is -2.06. The molecule has 1 aromatic heterocycles. The van der Waals surface area contributed by atoms with E-state index in [0.29, 0.717) is 18.8 Å². The molecule has 0 unspecified atom stereocenters. The van der Waals surface area contributed by atoms with Gasteiger partial charge in [-0.2, -0.15) is 0 Å². The lowest BCUT2D eigenvalue weighted by Crippen LogP contribution is -2.09. The van der Waals surface area contributed by atoms with Crippen LogP contribution in [0.1, 0.15) is 29.5 Å². The quantitative estimate of drug-likeness (QED) is 0.733. The van der Waals surface area contributed by atoms with Crippen molar-refractivity contribution in [2.75, 3.05) is 0 Å². The highest BCUT2D eigenvalue weighted by molar-refractivity contribution is 5.92. The Kier molecular flexibility index (Phi) is 3.15. The molecule has 3 heteroatoms. The smallest absolute Gasteiger partial charge is 0.197 e. The predicted molar refractivity (Wildman–Crippen MR) is 62.4 cm³/mol. The second-order valence-electron chi connectivity index (χ2n) is 3.64. The van der Waals surface area contributed by atoms with Crippen LogP contribution in [0.4, 0.5) is 0 Å². The summed E-state index contributed by atoms with van der Waals surface area (Å²) in [7, 11) is 0. The van der Waals surface area contributed by atoms with E-state index in [9.17, 15) is 4.79 Å². The zero-order valence-electron chi connectivity index (χ0n) is 9.26. The topological polar surface area (TPSA) is 34.9 Å². The number of benzene rings is 1. The van der Waals surface area contributed by atoms with Crippen LogP contribution in [0.3, 0.4) is 0 Å². The van der Waals surface area contributed by atoms with Crippen molar-refractivity contribution in [3.8, 4) is 0 Å². The molecule has 0 radical (unpaired) electrons. The molecule has 0 N–H and O–H groups in total. The van der Waals surface area contributed by atoms with Crippen molar-refractivity contribution in [2.24, 2.45) is 0 Å². The van der Waals surface area contributed by atoms with E-state index in [1.807, 2.05) is 48.0 Å². The third kappa shape index (κ3) is 2.19. The van der Waals surface area contributed by atoms with Gasteiger partial charge in [-0.15, -0.1) is 0 Å². The van der Waals surface area contributed by atoms with E-state index in [1.54, 1.807) is 6.20 Å². The zero-order chi connectivity index (χ0) is 11.4. The van der Waals surface area contributed by atoms with Gasteiger partial charge in [-0.25, -0.2) is 4.98 Å². The minimum absolute atomic E-state index is 0.0842. The van der Waals surface area contributed by atoms with E-state index in [2.05, 4.69) is 4.98 Å². The van der Waals surface area contributed by atoms with Crippen LogP contribution in [0.5, 0.6) is 0 Å². The van der Waals surface area contributed by atoms with Gasteiger partial charge in [0, 0.05) is 25.4 Å². The normalized spacial score (nSPS) is 10.3. The Labute approximate surface area is 94.7 Å². The average molecular weight is 214 g/mol. The third-order valence-corrected chi connectivity index (χ3v) is 2.48.